The van der Waals surface area contributed by atoms with Crippen LogP contribution in [0.3, 0.4) is 0 Å². The van der Waals surface area contributed by atoms with Crippen LogP contribution in [0.5, 0.6) is 0 Å². The maximum absolute atomic E-state index is 11.5. The number of benzene rings is 1. The molecule has 0 radical (unpaired) electrons. The second-order valence-electron chi connectivity index (χ2n) is 5.45. The van der Waals surface area contributed by atoms with E-state index in [4.69, 9.17) is 27.9 Å². The molecule has 0 spiro atoms. The Morgan fingerprint density at radius 1 is 1.38 bits per heavy atom. The van der Waals surface area contributed by atoms with Gasteiger partial charge in [-0.3, -0.25) is 4.79 Å². The van der Waals surface area contributed by atoms with Crippen molar-refractivity contribution in [3.05, 3.63) is 33.3 Å². The number of aliphatic carboxylic acids is 1. The third kappa shape index (κ3) is 3.69. The van der Waals surface area contributed by atoms with E-state index in [1.165, 1.54) is 0 Å². The first-order valence-electron chi connectivity index (χ1n) is 6.92. The summed E-state index contributed by atoms with van der Waals surface area (Å²) in [6, 6.07) is 3.67. The topological polar surface area (TPSA) is 58.6 Å². The highest BCUT2D eigenvalue weighted by atomic mass is 35.5. The van der Waals surface area contributed by atoms with Gasteiger partial charge in [-0.05, 0) is 37.0 Å². The lowest BCUT2D eigenvalue weighted by atomic mass is 9.80. The first-order chi connectivity index (χ1) is 9.96. The minimum atomic E-state index is -0.767. The minimum absolute atomic E-state index is 0.406. The van der Waals surface area contributed by atoms with Crippen molar-refractivity contribution in [3.8, 4) is 0 Å². The van der Waals surface area contributed by atoms with Crippen LogP contribution in [0.2, 0.25) is 10.0 Å². The van der Waals surface area contributed by atoms with E-state index in [0.29, 0.717) is 49.2 Å². The van der Waals surface area contributed by atoms with E-state index >= 15 is 0 Å². The Balaban J connectivity index is 2.00. The summed E-state index contributed by atoms with van der Waals surface area (Å²) in [7, 11) is 0. The maximum Gasteiger partial charge on any atom is 0.311 e. The Morgan fingerprint density at radius 2 is 2.05 bits per heavy atom. The fraction of sp³-hybridized carbons (Fsp3) is 0.533. The van der Waals surface area contributed by atoms with Gasteiger partial charge in [0, 0.05) is 36.3 Å². The first kappa shape index (κ1) is 16.6. The van der Waals surface area contributed by atoms with Gasteiger partial charge in [-0.15, -0.1) is 0 Å². The number of ether oxygens (including phenoxy) is 1. The average molecular weight is 332 g/mol. The Labute approximate surface area is 134 Å². The second-order valence-corrected chi connectivity index (χ2v) is 6.23. The zero-order chi connectivity index (χ0) is 15.5. The van der Waals surface area contributed by atoms with Crippen molar-refractivity contribution >= 4 is 29.2 Å². The number of carboxylic acid groups (broad SMARTS) is 1. The number of halogens is 2. The standard InChI is InChI=1S/C15H19Cl2NO3/c1-10-12(16)3-2-11(13(10)17)8-18-9-15(14(19)20)4-6-21-7-5-15/h2-3,18H,4-9H2,1H3,(H,19,20). The summed E-state index contributed by atoms with van der Waals surface area (Å²) < 4.78 is 5.26. The SMILES string of the molecule is Cc1c(Cl)ccc(CNCC2(C(=O)O)CCOCC2)c1Cl. The van der Waals surface area contributed by atoms with Gasteiger partial charge < -0.3 is 15.2 Å². The predicted octanol–water partition coefficient (Wildman–Crippen LogP) is 3.27. The van der Waals surface area contributed by atoms with Gasteiger partial charge in [-0.2, -0.15) is 0 Å². The molecule has 21 heavy (non-hydrogen) atoms. The summed E-state index contributed by atoms with van der Waals surface area (Å²) >= 11 is 12.3. The predicted molar refractivity (Wildman–Crippen MR) is 83.0 cm³/mol. The third-order valence-corrected chi connectivity index (χ3v) is 5.02. The minimum Gasteiger partial charge on any atom is -0.481 e. The lowest BCUT2D eigenvalue weighted by molar-refractivity contribution is -0.154. The van der Waals surface area contributed by atoms with Gasteiger partial charge in [-0.1, -0.05) is 29.3 Å². The van der Waals surface area contributed by atoms with Crippen LogP contribution in [-0.2, 0) is 16.1 Å². The third-order valence-electron chi connectivity index (χ3n) is 4.08. The molecule has 1 aliphatic heterocycles. The van der Waals surface area contributed by atoms with Gasteiger partial charge in [0.1, 0.15) is 0 Å². The molecular formula is C15H19Cl2NO3. The number of rotatable bonds is 5. The van der Waals surface area contributed by atoms with Crippen molar-refractivity contribution < 1.29 is 14.6 Å². The summed E-state index contributed by atoms with van der Waals surface area (Å²) in [6.45, 7) is 3.78. The molecule has 0 aliphatic carbocycles. The molecule has 1 aliphatic rings. The molecule has 1 aromatic carbocycles. The number of carbonyl (C=O) groups is 1. The van der Waals surface area contributed by atoms with Gasteiger partial charge >= 0.3 is 5.97 Å². The van der Waals surface area contributed by atoms with Crippen LogP contribution in [0.4, 0.5) is 0 Å². The van der Waals surface area contributed by atoms with Crippen LogP contribution in [0.15, 0.2) is 12.1 Å². The van der Waals surface area contributed by atoms with Crippen molar-refractivity contribution in [2.75, 3.05) is 19.8 Å². The van der Waals surface area contributed by atoms with Crippen molar-refractivity contribution in [3.63, 3.8) is 0 Å². The molecule has 6 heteroatoms. The van der Waals surface area contributed by atoms with Gasteiger partial charge in [-0.25, -0.2) is 0 Å². The fourth-order valence-corrected chi connectivity index (χ4v) is 2.96. The quantitative estimate of drug-likeness (QED) is 0.869. The van der Waals surface area contributed by atoms with E-state index in [-0.39, 0.29) is 0 Å². The molecule has 0 saturated carbocycles. The largest absolute Gasteiger partial charge is 0.481 e. The molecule has 0 atom stereocenters. The molecule has 0 bridgehead atoms. The molecule has 0 unspecified atom stereocenters. The van der Waals surface area contributed by atoms with E-state index in [0.717, 1.165) is 11.1 Å². The molecule has 1 saturated heterocycles. The molecule has 2 rings (SSSR count). The molecule has 2 N–H and O–H groups in total. The smallest absolute Gasteiger partial charge is 0.311 e. The number of carboxylic acids is 1. The number of nitrogens with one attached hydrogen (secondary N) is 1. The lowest BCUT2D eigenvalue weighted by Crippen LogP contribution is -2.44. The normalized spacial score (nSPS) is 17.7. The Morgan fingerprint density at radius 3 is 2.67 bits per heavy atom. The highest BCUT2D eigenvalue weighted by Gasteiger charge is 2.39. The first-order valence-corrected chi connectivity index (χ1v) is 7.67. The zero-order valence-electron chi connectivity index (χ0n) is 11.9. The number of hydrogen-bond acceptors (Lipinski definition) is 3. The maximum atomic E-state index is 11.5. The van der Waals surface area contributed by atoms with Crippen LogP contribution in [0.25, 0.3) is 0 Å². The summed E-state index contributed by atoms with van der Waals surface area (Å²) in [6.07, 6.45) is 1.06. The van der Waals surface area contributed by atoms with E-state index in [9.17, 15) is 9.90 Å². The van der Waals surface area contributed by atoms with Gasteiger partial charge in [0.2, 0.25) is 0 Å². The Bertz CT molecular complexity index is 528. The van der Waals surface area contributed by atoms with Crippen LogP contribution in [0, 0.1) is 12.3 Å². The van der Waals surface area contributed by atoms with Gasteiger partial charge in [0.15, 0.2) is 0 Å². The fourth-order valence-electron chi connectivity index (χ4n) is 2.52. The lowest BCUT2D eigenvalue weighted by Gasteiger charge is -2.33. The highest BCUT2D eigenvalue weighted by molar-refractivity contribution is 6.36. The summed E-state index contributed by atoms with van der Waals surface area (Å²) in [5.74, 6) is -0.767. The molecule has 1 heterocycles. The van der Waals surface area contributed by atoms with Crippen LogP contribution >= 0.6 is 23.2 Å². The van der Waals surface area contributed by atoms with Crippen molar-refractivity contribution in [2.45, 2.75) is 26.3 Å². The van der Waals surface area contributed by atoms with Gasteiger partial charge in [0.05, 0.1) is 5.41 Å². The zero-order valence-corrected chi connectivity index (χ0v) is 13.4. The average Bonchev–Trinajstić information content (AvgIpc) is 2.48. The van der Waals surface area contributed by atoms with Crippen LogP contribution in [0.1, 0.15) is 24.0 Å². The van der Waals surface area contributed by atoms with Crippen molar-refractivity contribution in [1.29, 1.82) is 0 Å². The molecule has 1 fully saturated rings. The van der Waals surface area contributed by atoms with Crippen LogP contribution in [-0.4, -0.2) is 30.8 Å². The molecular weight excluding hydrogens is 313 g/mol. The molecule has 0 amide bonds. The van der Waals surface area contributed by atoms with E-state index in [2.05, 4.69) is 5.32 Å². The highest BCUT2D eigenvalue weighted by Crippen LogP contribution is 2.31. The monoisotopic (exact) mass is 331 g/mol. The number of hydrogen-bond donors (Lipinski definition) is 2. The van der Waals surface area contributed by atoms with Gasteiger partial charge in [0.25, 0.3) is 0 Å². The molecule has 0 aromatic heterocycles. The van der Waals surface area contributed by atoms with E-state index in [1.54, 1.807) is 6.07 Å². The summed E-state index contributed by atoms with van der Waals surface area (Å²) in [5.41, 5.74) is 1.02. The Kier molecular flexibility index (Phi) is 5.49. The summed E-state index contributed by atoms with van der Waals surface area (Å²) in [4.78, 5) is 11.5. The summed E-state index contributed by atoms with van der Waals surface area (Å²) in [5, 5.41) is 14.0. The molecule has 116 valence electrons. The van der Waals surface area contributed by atoms with E-state index < -0.39 is 11.4 Å². The Hall–Kier alpha value is -0.810. The van der Waals surface area contributed by atoms with Crippen LogP contribution < -0.4 is 5.32 Å². The second kappa shape index (κ2) is 6.97. The molecule has 4 nitrogen and oxygen atoms in total. The van der Waals surface area contributed by atoms with E-state index in [1.807, 2.05) is 13.0 Å². The van der Waals surface area contributed by atoms with Crippen molar-refractivity contribution in [2.24, 2.45) is 5.41 Å². The van der Waals surface area contributed by atoms with Crippen molar-refractivity contribution in [1.82, 2.24) is 5.32 Å². The molecule has 1 aromatic rings.